The van der Waals surface area contributed by atoms with Gasteiger partial charge in [0.15, 0.2) is 5.82 Å². The van der Waals surface area contributed by atoms with Crippen LogP contribution in [0.1, 0.15) is 26.7 Å². The molecule has 0 radical (unpaired) electrons. The van der Waals surface area contributed by atoms with Gasteiger partial charge in [0.1, 0.15) is 0 Å². The summed E-state index contributed by atoms with van der Waals surface area (Å²) in [5.74, 6) is 2.04. The van der Waals surface area contributed by atoms with Crippen molar-refractivity contribution in [3.8, 4) is 5.88 Å². The molecule has 2 unspecified atom stereocenters. The molecule has 2 N–H and O–H groups in total. The molecular weight excluding hydrogens is 228 g/mol. The molecule has 1 saturated heterocycles. The Hall–Kier alpha value is -1.36. The first-order valence-electron chi connectivity index (χ1n) is 6.66. The molecule has 5 heteroatoms. The zero-order valence-electron chi connectivity index (χ0n) is 11.2. The fourth-order valence-corrected chi connectivity index (χ4v) is 2.07. The summed E-state index contributed by atoms with van der Waals surface area (Å²) in [5, 5.41) is 0. The van der Waals surface area contributed by atoms with Gasteiger partial charge in [-0.3, -0.25) is 4.98 Å². The zero-order chi connectivity index (χ0) is 13.0. The molecule has 0 saturated carbocycles. The maximum absolute atomic E-state index is 6.10. The molecule has 0 spiro atoms. The van der Waals surface area contributed by atoms with Crippen molar-refractivity contribution in [3.63, 3.8) is 0 Å². The van der Waals surface area contributed by atoms with Gasteiger partial charge in [-0.2, -0.15) is 4.98 Å². The smallest absolute Gasteiger partial charge is 0.234 e. The van der Waals surface area contributed by atoms with E-state index in [4.69, 9.17) is 10.5 Å². The number of nitrogens with two attached hydrogens (primary N) is 1. The summed E-state index contributed by atoms with van der Waals surface area (Å²) < 4.78 is 5.50. The van der Waals surface area contributed by atoms with Crippen molar-refractivity contribution in [1.29, 1.82) is 0 Å². The predicted octanol–water partition coefficient (Wildman–Crippen LogP) is 1.44. The minimum Gasteiger partial charge on any atom is -0.477 e. The van der Waals surface area contributed by atoms with E-state index in [2.05, 4.69) is 28.7 Å². The molecule has 2 atom stereocenters. The predicted molar refractivity (Wildman–Crippen MR) is 71.8 cm³/mol. The van der Waals surface area contributed by atoms with E-state index in [0.29, 0.717) is 18.4 Å². The van der Waals surface area contributed by atoms with Crippen molar-refractivity contribution >= 4 is 5.82 Å². The van der Waals surface area contributed by atoms with Crippen LogP contribution in [0.15, 0.2) is 12.4 Å². The van der Waals surface area contributed by atoms with Gasteiger partial charge in [0.05, 0.1) is 19.0 Å². The number of anilines is 1. The highest BCUT2D eigenvalue weighted by molar-refractivity contribution is 5.38. The van der Waals surface area contributed by atoms with Crippen LogP contribution in [0.4, 0.5) is 5.82 Å². The summed E-state index contributed by atoms with van der Waals surface area (Å²) in [6.07, 6.45) is 5.51. The molecule has 5 nitrogen and oxygen atoms in total. The minimum absolute atomic E-state index is 0.209. The quantitative estimate of drug-likeness (QED) is 0.876. The van der Waals surface area contributed by atoms with E-state index >= 15 is 0 Å². The molecule has 2 rings (SSSR count). The van der Waals surface area contributed by atoms with Gasteiger partial charge in [0, 0.05) is 19.1 Å². The molecule has 1 aliphatic rings. The zero-order valence-corrected chi connectivity index (χ0v) is 11.2. The first-order chi connectivity index (χ1) is 8.70. The van der Waals surface area contributed by atoms with Crippen LogP contribution < -0.4 is 15.4 Å². The molecule has 18 heavy (non-hydrogen) atoms. The van der Waals surface area contributed by atoms with Crippen molar-refractivity contribution in [3.05, 3.63) is 12.4 Å². The van der Waals surface area contributed by atoms with E-state index in [0.717, 1.165) is 31.7 Å². The summed E-state index contributed by atoms with van der Waals surface area (Å²) in [6, 6.07) is 0.209. The first-order valence-corrected chi connectivity index (χ1v) is 6.66. The summed E-state index contributed by atoms with van der Waals surface area (Å²) in [5.41, 5.74) is 6.10. The molecule has 0 bridgehead atoms. The number of ether oxygens (including phenoxy) is 1. The highest BCUT2D eigenvalue weighted by Crippen LogP contribution is 2.21. The van der Waals surface area contributed by atoms with Crippen molar-refractivity contribution in [1.82, 2.24) is 9.97 Å². The number of hydrogen-bond donors (Lipinski definition) is 1. The fraction of sp³-hybridized carbons (Fsp3) is 0.692. The Balaban J connectivity index is 2.04. The highest BCUT2D eigenvalue weighted by Gasteiger charge is 2.24. The van der Waals surface area contributed by atoms with Crippen LogP contribution in [0.2, 0.25) is 0 Å². The van der Waals surface area contributed by atoms with Gasteiger partial charge in [0.2, 0.25) is 5.88 Å². The second-order valence-electron chi connectivity index (χ2n) is 4.94. The van der Waals surface area contributed by atoms with E-state index in [1.165, 1.54) is 0 Å². The van der Waals surface area contributed by atoms with Crippen molar-refractivity contribution in [2.24, 2.45) is 11.7 Å². The standard InChI is InChI=1S/C13H22N4O/c1-3-6-18-13-8-15-7-12(16-13)17-5-4-10(2)11(14)9-17/h7-8,10-11H,3-6,9,14H2,1-2H3. The molecular formula is C13H22N4O. The average Bonchev–Trinajstić information content (AvgIpc) is 2.40. The fourth-order valence-electron chi connectivity index (χ4n) is 2.07. The van der Waals surface area contributed by atoms with E-state index in [1.807, 2.05) is 0 Å². The van der Waals surface area contributed by atoms with Crippen LogP contribution in [0.25, 0.3) is 0 Å². The summed E-state index contributed by atoms with van der Waals surface area (Å²) in [7, 11) is 0. The first kappa shape index (κ1) is 13.1. The Morgan fingerprint density at radius 1 is 1.50 bits per heavy atom. The van der Waals surface area contributed by atoms with Crippen LogP contribution >= 0.6 is 0 Å². The Labute approximate surface area is 108 Å². The van der Waals surface area contributed by atoms with E-state index in [-0.39, 0.29) is 6.04 Å². The number of rotatable bonds is 4. The number of aromatic nitrogens is 2. The van der Waals surface area contributed by atoms with Crippen molar-refractivity contribution < 1.29 is 4.74 Å². The van der Waals surface area contributed by atoms with Gasteiger partial charge < -0.3 is 15.4 Å². The summed E-state index contributed by atoms with van der Waals surface area (Å²) >= 11 is 0. The lowest BCUT2D eigenvalue weighted by Crippen LogP contribution is -2.47. The molecule has 0 aliphatic carbocycles. The lowest BCUT2D eigenvalue weighted by Gasteiger charge is -2.35. The van der Waals surface area contributed by atoms with Gasteiger partial charge in [-0.05, 0) is 18.8 Å². The largest absolute Gasteiger partial charge is 0.477 e. The van der Waals surface area contributed by atoms with Gasteiger partial charge in [-0.1, -0.05) is 13.8 Å². The van der Waals surface area contributed by atoms with E-state index < -0.39 is 0 Å². The highest BCUT2D eigenvalue weighted by atomic mass is 16.5. The molecule has 0 aromatic carbocycles. The number of hydrogen-bond acceptors (Lipinski definition) is 5. The monoisotopic (exact) mass is 250 g/mol. The van der Waals surface area contributed by atoms with Gasteiger partial charge in [0.25, 0.3) is 0 Å². The molecule has 1 aliphatic heterocycles. The average molecular weight is 250 g/mol. The lowest BCUT2D eigenvalue weighted by atomic mass is 9.94. The number of nitrogens with zero attached hydrogens (tertiary/aromatic N) is 3. The van der Waals surface area contributed by atoms with Crippen molar-refractivity contribution in [2.45, 2.75) is 32.7 Å². The lowest BCUT2D eigenvalue weighted by molar-refractivity contribution is 0.303. The van der Waals surface area contributed by atoms with Crippen LogP contribution in [-0.4, -0.2) is 35.7 Å². The second-order valence-corrected chi connectivity index (χ2v) is 4.94. The molecule has 2 heterocycles. The molecule has 1 aromatic heterocycles. The van der Waals surface area contributed by atoms with Crippen LogP contribution in [0.5, 0.6) is 5.88 Å². The van der Waals surface area contributed by atoms with Crippen molar-refractivity contribution in [2.75, 3.05) is 24.6 Å². The van der Waals surface area contributed by atoms with Gasteiger partial charge in [-0.25, -0.2) is 0 Å². The molecule has 100 valence electrons. The third kappa shape index (κ3) is 3.10. The Kier molecular flexibility index (Phi) is 4.36. The molecule has 0 amide bonds. The minimum atomic E-state index is 0.209. The molecule has 1 aromatic rings. The maximum Gasteiger partial charge on any atom is 0.234 e. The Morgan fingerprint density at radius 2 is 2.33 bits per heavy atom. The van der Waals surface area contributed by atoms with Crippen LogP contribution in [-0.2, 0) is 0 Å². The SMILES string of the molecule is CCCOc1cncc(N2CCC(C)C(N)C2)n1. The second kappa shape index (κ2) is 6.00. The van der Waals surface area contributed by atoms with E-state index in [1.54, 1.807) is 12.4 Å². The van der Waals surface area contributed by atoms with Crippen LogP contribution in [0, 0.1) is 5.92 Å². The van der Waals surface area contributed by atoms with Crippen LogP contribution in [0.3, 0.4) is 0 Å². The third-order valence-corrected chi connectivity index (χ3v) is 3.39. The third-order valence-electron chi connectivity index (χ3n) is 3.39. The van der Waals surface area contributed by atoms with Gasteiger partial charge in [-0.15, -0.1) is 0 Å². The number of piperidine rings is 1. The normalized spacial score (nSPS) is 24.1. The maximum atomic E-state index is 6.10. The summed E-state index contributed by atoms with van der Waals surface area (Å²) in [4.78, 5) is 10.9. The Morgan fingerprint density at radius 3 is 3.06 bits per heavy atom. The topological polar surface area (TPSA) is 64.3 Å². The van der Waals surface area contributed by atoms with Gasteiger partial charge >= 0.3 is 0 Å². The molecule has 1 fully saturated rings. The Bertz CT molecular complexity index is 385. The summed E-state index contributed by atoms with van der Waals surface area (Å²) in [6.45, 7) is 6.78. The van der Waals surface area contributed by atoms with E-state index in [9.17, 15) is 0 Å².